The fraction of sp³-hybridized carbons (Fsp3) is 0.304. The summed E-state index contributed by atoms with van der Waals surface area (Å²) in [4.78, 5) is 0. The molecule has 1 heteroatoms. The predicted octanol–water partition coefficient (Wildman–Crippen LogP) is 6.74. The number of halogens is 1. The lowest BCUT2D eigenvalue weighted by molar-refractivity contribution is 0.364. The maximum absolute atomic E-state index is 5.94. The molecular weight excluding hydrogens is 312 g/mol. The van der Waals surface area contributed by atoms with Crippen LogP contribution in [-0.2, 0) is 0 Å². The van der Waals surface area contributed by atoms with Crippen LogP contribution in [0, 0.1) is 23.7 Å². The average Bonchev–Trinajstić information content (AvgIpc) is 2.63. The van der Waals surface area contributed by atoms with Crippen LogP contribution < -0.4 is 0 Å². The van der Waals surface area contributed by atoms with Crippen LogP contribution in [0.3, 0.4) is 0 Å². The van der Waals surface area contributed by atoms with Crippen molar-refractivity contribution in [2.24, 2.45) is 11.8 Å². The lowest BCUT2D eigenvalue weighted by atomic mass is 9.82. The minimum atomic E-state index is 0.558. The van der Waals surface area contributed by atoms with Crippen LogP contribution in [0.15, 0.2) is 60.7 Å². The first-order chi connectivity index (χ1) is 11.7. The van der Waals surface area contributed by atoms with Crippen LogP contribution in [0.2, 0.25) is 5.02 Å². The van der Waals surface area contributed by atoms with Crippen molar-refractivity contribution in [3.05, 3.63) is 71.3 Å². The predicted molar refractivity (Wildman–Crippen MR) is 104 cm³/mol. The van der Waals surface area contributed by atoms with E-state index in [1.807, 2.05) is 24.3 Å². The van der Waals surface area contributed by atoms with Gasteiger partial charge in [0.05, 0.1) is 0 Å². The number of hydrogen-bond donors (Lipinski definition) is 0. The smallest absolute Gasteiger partial charge is 0.0406 e. The van der Waals surface area contributed by atoms with Gasteiger partial charge < -0.3 is 0 Å². The highest BCUT2D eigenvalue weighted by molar-refractivity contribution is 6.30. The van der Waals surface area contributed by atoms with Crippen molar-refractivity contribution in [1.29, 1.82) is 0 Å². The summed E-state index contributed by atoms with van der Waals surface area (Å²) in [7, 11) is 0. The zero-order valence-electron chi connectivity index (χ0n) is 14.1. The molecule has 0 saturated heterocycles. The molecule has 1 saturated carbocycles. The Bertz CT molecular complexity index is 733. The van der Waals surface area contributed by atoms with Crippen molar-refractivity contribution in [2.45, 2.75) is 32.6 Å². The van der Waals surface area contributed by atoms with Crippen LogP contribution >= 0.6 is 11.6 Å². The van der Waals surface area contributed by atoms with Crippen LogP contribution in [-0.4, -0.2) is 0 Å². The number of benzene rings is 2. The van der Waals surface area contributed by atoms with Gasteiger partial charge in [0.15, 0.2) is 0 Å². The Hall–Kier alpha value is -1.97. The maximum atomic E-state index is 5.94. The van der Waals surface area contributed by atoms with Crippen LogP contribution in [0.25, 0.3) is 11.1 Å². The standard InChI is InChI=1S/C23H23Cl/c1-2-3-18-4-6-19(7-5-18)8-9-20-10-12-21(13-11-20)22-14-16-23(24)17-15-22/h2-3,10-19H,4-7H2,1H3/b3-2+/t18-,19-. The van der Waals surface area contributed by atoms with E-state index in [0.29, 0.717) is 5.92 Å². The van der Waals surface area contributed by atoms with Crippen molar-refractivity contribution in [3.8, 4) is 23.0 Å². The van der Waals surface area contributed by atoms with Crippen LogP contribution in [0.4, 0.5) is 0 Å². The van der Waals surface area contributed by atoms with Gasteiger partial charge in [0, 0.05) is 16.5 Å². The monoisotopic (exact) mass is 334 g/mol. The number of hydrogen-bond acceptors (Lipinski definition) is 0. The summed E-state index contributed by atoms with van der Waals surface area (Å²) in [6.45, 7) is 2.11. The Balaban J connectivity index is 1.62. The van der Waals surface area contributed by atoms with Gasteiger partial charge in [-0.1, -0.05) is 59.9 Å². The molecular formula is C23H23Cl. The van der Waals surface area contributed by atoms with E-state index in [0.717, 1.165) is 16.5 Å². The van der Waals surface area contributed by atoms with Gasteiger partial charge in [0.25, 0.3) is 0 Å². The highest BCUT2D eigenvalue weighted by Gasteiger charge is 2.17. The molecule has 122 valence electrons. The quantitative estimate of drug-likeness (QED) is 0.421. The lowest BCUT2D eigenvalue weighted by Crippen LogP contribution is -2.11. The van der Waals surface area contributed by atoms with E-state index in [9.17, 15) is 0 Å². The van der Waals surface area contributed by atoms with Gasteiger partial charge in [-0.3, -0.25) is 0 Å². The Morgan fingerprint density at radius 2 is 1.46 bits per heavy atom. The Morgan fingerprint density at radius 1 is 0.875 bits per heavy atom. The van der Waals surface area contributed by atoms with Gasteiger partial charge in [0.2, 0.25) is 0 Å². The molecule has 0 heterocycles. The van der Waals surface area contributed by atoms with E-state index in [-0.39, 0.29) is 0 Å². The maximum Gasteiger partial charge on any atom is 0.0406 e. The van der Waals surface area contributed by atoms with Gasteiger partial charge in [-0.25, -0.2) is 0 Å². The zero-order valence-corrected chi connectivity index (χ0v) is 14.9. The SMILES string of the molecule is C/C=C/[C@H]1CC[C@H](C#Cc2ccc(-c3ccc(Cl)cc3)cc2)CC1. The lowest BCUT2D eigenvalue weighted by Gasteiger charge is -2.22. The van der Waals surface area contributed by atoms with Gasteiger partial charge in [0.1, 0.15) is 0 Å². The Labute approximate surface area is 150 Å². The second-order valence-electron chi connectivity index (χ2n) is 6.49. The zero-order chi connectivity index (χ0) is 16.8. The third-order valence-corrected chi connectivity index (χ3v) is 4.97. The van der Waals surface area contributed by atoms with Gasteiger partial charge in [-0.2, -0.15) is 0 Å². The van der Waals surface area contributed by atoms with Crippen molar-refractivity contribution >= 4 is 11.6 Å². The van der Waals surface area contributed by atoms with Crippen LogP contribution in [0.5, 0.6) is 0 Å². The molecule has 3 rings (SSSR count). The first kappa shape index (κ1) is 16.9. The molecule has 0 bridgehead atoms. The molecule has 0 nitrogen and oxygen atoms in total. The van der Waals surface area contributed by atoms with Gasteiger partial charge in [-0.15, -0.1) is 0 Å². The normalized spacial score (nSPS) is 20.6. The summed E-state index contributed by atoms with van der Waals surface area (Å²) in [5.74, 6) is 8.16. The molecule has 0 N–H and O–H groups in total. The third-order valence-electron chi connectivity index (χ3n) is 4.72. The van der Waals surface area contributed by atoms with Crippen molar-refractivity contribution < 1.29 is 0 Å². The summed E-state index contributed by atoms with van der Waals surface area (Å²) in [6, 6.07) is 16.4. The van der Waals surface area contributed by atoms with E-state index in [1.165, 1.54) is 36.8 Å². The molecule has 1 aliphatic rings. The van der Waals surface area contributed by atoms with E-state index in [4.69, 9.17) is 11.6 Å². The minimum absolute atomic E-state index is 0.558. The Morgan fingerprint density at radius 3 is 2.04 bits per heavy atom. The fourth-order valence-corrected chi connectivity index (χ4v) is 3.43. The molecule has 2 aromatic carbocycles. The molecule has 2 aromatic rings. The summed E-state index contributed by atoms with van der Waals surface area (Å²) >= 11 is 5.94. The van der Waals surface area contributed by atoms with Crippen molar-refractivity contribution in [3.63, 3.8) is 0 Å². The molecule has 0 aliphatic heterocycles. The molecule has 0 unspecified atom stereocenters. The molecule has 0 amide bonds. The first-order valence-corrected chi connectivity index (χ1v) is 9.13. The van der Waals surface area contributed by atoms with E-state index in [1.54, 1.807) is 0 Å². The van der Waals surface area contributed by atoms with Crippen molar-refractivity contribution in [1.82, 2.24) is 0 Å². The largest absolute Gasteiger partial charge is 0.0945 e. The molecule has 0 radical (unpaired) electrons. The van der Waals surface area contributed by atoms with Gasteiger partial charge in [-0.05, 0) is 73.9 Å². The molecule has 0 spiro atoms. The molecule has 1 aliphatic carbocycles. The van der Waals surface area contributed by atoms with E-state index < -0.39 is 0 Å². The summed E-state index contributed by atoms with van der Waals surface area (Å²) < 4.78 is 0. The van der Waals surface area contributed by atoms with E-state index in [2.05, 4.69) is 55.2 Å². The minimum Gasteiger partial charge on any atom is -0.0945 e. The third kappa shape index (κ3) is 4.53. The summed E-state index contributed by atoms with van der Waals surface area (Å²) in [6.07, 6.45) is 9.53. The molecule has 0 aromatic heterocycles. The fourth-order valence-electron chi connectivity index (χ4n) is 3.30. The molecule has 1 fully saturated rings. The number of rotatable bonds is 2. The average molecular weight is 335 g/mol. The second kappa shape index (κ2) is 8.22. The highest BCUT2D eigenvalue weighted by Crippen LogP contribution is 2.29. The summed E-state index contributed by atoms with van der Waals surface area (Å²) in [5, 5.41) is 0.769. The highest BCUT2D eigenvalue weighted by atomic mass is 35.5. The van der Waals surface area contributed by atoms with Gasteiger partial charge >= 0.3 is 0 Å². The second-order valence-corrected chi connectivity index (χ2v) is 6.93. The summed E-state index contributed by atoms with van der Waals surface area (Å²) in [5.41, 5.74) is 3.48. The Kier molecular flexibility index (Phi) is 5.78. The molecule has 0 atom stereocenters. The molecule has 24 heavy (non-hydrogen) atoms. The topological polar surface area (TPSA) is 0 Å². The number of allylic oxidation sites excluding steroid dienone is 2. The first-order valence-electron chi connectivity index (χ1n) is 8.75. The van der Waals surface area contributed by atoms with Crippen molar-refractivity contribution in [2.75, 3.05) is 0 Å². The van der Waals surface area contributed by atoms with Crippen LogP contribution in [0.1, 0.15) is 38.2 Å². The van der Waals surface area contributed by atoms with E-state index >= 15 is 0 Å².